The van der Waals surface area contributed by atoms with Gasteiger partial charge in [0.2, 0.25) is 0 Å². The zero-order chi connectivity index (χ0) is 9.14. The summed E-state index contributed by atoms with van der Waals surface area (Å²) in [6, 6.07) is 0. The average molecular weight is 188 g/mol. The van der Waals surface area contributed by atoms with Crippen LogP contribution in [0.4, 0.5) is 0 Å². The molecule has 0 saturated carbocycles. The highest BCUT2D eigenvalue weighted by Crippen LogP contribution is 2.18. The molecule has 1 aliphatic rings. The number of allylic oxidation sites excluding steroid dienone is 3. The van der Waals surface area contributed by atoms with E-state index in [0.717, 1.165) is 0 Å². The smallest absolute Gasteiger partial charge is 0.337 e. The van der Waals surface area contributed by atoms with E-state index in [0.29, 0.717) is 5.03 Å². The van der Waals surface area contributed by atoms with Crippen molar-refractivity contribution < 1.29 is 15.1 Å². The van der Waals surface area contributed by atoms with Gasteiger partial charge in [-0.25, -0.2) is 4.79 Å². The molecule has 64 valence electrons. The first-order chi connectivity index (χ1) is 5.65. The van der Waals surface area contributed by atoms with Crippen LogP contribution in [-0.4, -0.2) is 22.0 Å². The van der Waals surface area contributed by atoms with Crippen molar-refractivity contribution in [3.8, 4) is 0 Å². The first-order valence-corrected chi connectivity index (χ1v) is 3.54. The van der Waals surface area contributed by atoms with E-state index < -0.39 is 5.97 Å². The summed E-state index contributed by atoms with van der Waals surface area (Å²) in [5, 5.41) is 20.3. The van der Waals surface area contributed by atoms with Crippen LogP contribution >= 0.6 is 11.6 Å². The maximum Gasteiger partial charge on any atom is 0.337 e. The number of carboxylic acid groups (broad SMARTS) is 1. The molecule has 0 aromatic carbocycles. The van der Waals surface area contributed by atoms with Crippen molar-refractivity contribution in [1.29, 1.82) is 0 Å². The molecule has 4 nitrogen and oxygen atoms in total. The Kier molecular flexibility index (Phi) is 2.50. The Labute approximate surface area is 73.4 Å². The molecule has 0 aliphatic heterocycles. The number of carbonyl (C=O) groups is 1. The van der Waals surface area contributed by atoms with Crippen molar-refractivity contribution in [2.24, 2.45) is 5.16 Å². The van der Waals surface area contributed by atoms with Crippen molar-refractivity contribution in [3.63, 3.8) is 0 Å². The minimum Gasteiger partial charge on any atom is -0.478 e. The summed E-state index contributed by atoms with van der Waals surface area (Å²) in [6.07, 6.45) is 2.94. The molecular weight excluding hydrogens is 182 g/mol. The Morgan fingerprint density at radius 3 is 2.75 bits per heavy atom. The van der Waals surface area contributed by atoms with E-state index in [2.05, 4.69) is 5.16 Å². The second kappa shape index (κ2) is 3.40. The van der Waals surface area contributed by atoms with Gasteiger partial charge in [0.1, 0.15) is 0 Å². The second-order valence-corrected chi connectivity index (χ2v) is 2.71. The van der Waals surface area contributed by atoms with Crippen LogP contribution < -0.4 is 0 Å². The Morgan fingerprint density at radius 2 is 2.25 bits per heavy atom. The zero-order valence-corrected chi connectivity index (χ0v) is 6.75. The summed E-state index contributed by atoms with van der Waals surface area (Å²) < 4.78 is 0. The van der Waals surface area contributed by atoms with Gasteiger partial charge in [-0.2, -0.15) is 0 Å². The highest BCUT2D eigenvalue weighted by molar-refractivity contribution is 6.34. The maximum absolute atomic E-state index is 10.5. The van der Waals surface area contributed by atoms with Gasteiger partial charge in [0.15, 0.2) is 0 Å². The number of aliphatic carboxylic acids is 1. The fraction of sp³-hybridized carbons (Fsp3) is 0.143. The van der Waals surface area contributed by atoms with Crippen LogP contribution in [0.5, 0.6) is 0 Å². The van der Waals surface area contributed by atoms with E-state index in [1.807, 2.05) is 0 Å². The summed E-state index contributed by atoms with van der Waals surface area (Å²) in [5.74, 6) is -1.12. The number of oxime groups is 1. The quantitative estimate of drug-likeness (QED) is 0.481. The van der Waals surface area contributed by atoms with Crippen LogP contribution in [0.25, 0.3) is 0 Å². The minimum atomic E-state index is -1.12. The molecule has 2 N–H and O–H groups in total. The predicted molar refractivity (Wildman–Crippen MR) is 43.5 cm³/mol. The van der Waals surface area contributed by atoms with Crippen molar-refractivity contribution in [3.05, 3.63) is 22.8 Å². The predicted octanol–water partition coefficient (Wildman–Crippen LogP) is 1.35. The Bertz CT molecular complexity index is 304. The van der Waals surface area contributed by atoms with Gasteiger partial charge in [0.25, 0.3) is 0 Å². The molecular formula is C7H6ClNO3. The Morgan fingerprint density at radius 1 is 1.58 bits per heavy atom. The number of carboxylic acids is 1. The van der Waals surface area contributed by atoms with Gasteiger partial charge in [0, 0.05) is 11.5 Å². The third kappa shape index (κ3) is 1.65. The van der Waals surface area contributed by atoms with Crippen LogP contribution in [0.3, 0.4) is 0 Å². The van der Waals surface area contributed by atoms with Crippen molar-refractivity contribution in [2.75, 3.05) is 0 Å². The first kappa shape index (κ1) is 8.80. The normalized spacial score (nSPS) is 20.2. The fourth-order valence-corrected chi connectivity index (χ4v) is 1.06. The van der Waals surface area contributed by atoms with E-state index in [1.54, 1.807) is 0 Å². The fourth-order valence-electron chi connectivity index (χ4n) is 0.868. The van der Waals surface area contributed by atoms with Gasteiger partial charge in [-0.3, -0.25) is 0 Å². The van der Waals surface area contributed by atoms with Gasteiger partial charge in [-0.15, -0.1) is 0 Å². The molecule has 0 bridgehead atoms. The molecule has 1 aliphatic carbocycles. The summed E-state index contributed by atoms with van der Waals surface area (Å²) in [6.45, 7) is 0. The molecule has 5 heteroatoms. The van der Waals surface area contributed by atoms with Crippen molar-refractivity contribution in [2.45, 2.75) is 6.42 Å². The molecule has 0 aromatic rings. The van der Waals surface area contributed by atoms with Crippen LogP contribution in [0.1, 0.15) is 6.42 Å². The third-order valence-electron chi connectivity index (χ3n) is 1.43. The topological polar surface area (TPSA) is 69.9 Å². The van der Waals surface area contributed by atoms with Crippen LogP contribution in [-0.2, 0) is 4.79 Å². The van der Waals surface area contributed by atoms with E-state index >= 15 is 0 Å². The largest absolute Gasteiger partial charge is 0.478 e. The van der Waals surface area contributed by atoms with Gasteiger partial charge in [0.05, 0.1) is 11.3 Å². The minimum absolute atomic E-state index is 0.0260. The monoisotopic (exact) mass is 187 g/mol. The highest BCUT2D eigenvalue weighted by Gasteiger charge is 2.18. The molecule has 0 aromatic heterocycles. The van der Waals surface area contributed by atoms with Crippen molar-refractivity contribution >= 4 is 23.3 Å². The number of hydrogen-bond donors (Lipinski definition) is 2. The van der Waals surface area contributed by atoms with Gasteiger partial charge in [-0.1, -0.05) is 16.8 Å². The van der Waals surface area contributed by atoms with E-state index in [4.69, 9.17) is 21.9 Å². The van der Waals surface area contributed by atoms with Crippen molar-refractivity contribution in [1.82, 2.24) is 0 Å². The summed E-state index contributed by atoms with van der Waals surface area (Å²) >= 11 is 5.59. The average Bonchev–Trinajstić information content (AvgIpc) is 2.03. The first-order valence-electron chi connectivity index (χ1n) is 3.16. The van der Waals surface area contributed by atoms with Gasteiger partial charge >= 0.3 is 5.97 Å². The van der Waals surface area contributed by atoms with Gasteiger partial charge in [-0.05, 0) is 12.2 Å². The summed E-state index contributed by atoms with van der Waals surface area (Å²) in [4.78, 5) is 10.5. The lowest BCUT2D eigenvalue weighted by Gasteiger charge is -2.07. The second-order valence-electron chi connectivity index (χ2n) is 2.22. The van der Waals surface area contributed by atoms with Crippen LogP contribution in [0.15, 0.2) is 27.9 Å². The standard InChI is InChI=1S/C7H6ClNO3/c8-4-1-2-5(7(10)11)6(3-4)9-12/h1-2,12H,3H2,(H,10,11). The lowest BCUT2D eigenvalue weighted by Crippen LogP contribution is -2.14. The summed E-state index contributed by atoms with van der Waals surface area (Å²) in [5.41, 5.74) is 0.0527. The summed E-state index contributed by atoms with van der Waals surface area (Å²) in [7, 11) is 0. The number of nitrogens with zero attached hydrogens (tertiary/aromatic N) is 1. The van der Waals surface area contributed by atoms with Crippen LogP contribution in [0.2, 0.25) is 0 Å². The maximum atomic E-state index is 10.5. The molecule has 0 radical (unpaired) electrons. The molecule has 0 atom stereocenters. The number of hydrogen-bond acceptors (Lipinski definition) is 3. The molecule has 0 amide bonds. The number of halogens is 1. The lowest BCUT2D eigenvalue weighted by molar-refractivity contribution is -0.132. The molecule has 0 unspecified atom stereocenters. The van der Waals surface area contributed by atoms with Gasteiger partial charge < -0.3 is 10.3 Å². The molecule has 0 spiro atoms. The SMILES string of the molecule is O=C(O)C1=CC=C(Cl)CC1=NO. The van der Waals surface area contributed by atoms with Crippen LogP contribution in [0, 0.1) is 0 Å². The highest BCUT2D eigenvalue weighted by atomic mass is 35.5. The van der Waals surface area contributed by atoms with E-state index in [-0.39, 0.29) is 17.7 Å². The zero-order valence-electron chi connectivity index (χ0n) is 5.99. The number of rotatable bonds is 1. The Hall–Kier alpha value is -1.29. The van der Waals surface area contributed by atoms with E-state index in [9.17, 15) is 4.79 Å². The third-order valence-corrected chi connectivity index (χ3v) is 1.69. The van der Waals surface area contributed by atoms with E-state index in [1.165, 1.54) is 12.2 Å². The Balaban J connectivity index is 3.03. The molecule has 0 heterocycles. The molecule has 0 saturated heterocycles. The molecule has 0 fully saturated rings. The molecule has 1 rings (SSSR count). The lowest BCUT2D eigenvalue weighted by atomic mass is 10.0. The molecule has 12 heavy (non-hydrogen) atoms.